The second-order valence-corrected chi connectivity index (χ2v) is 5.87. The molecule has 3 heterocycles. The lowest BCUT2D eigenvalue weighted by atomic mass is 9.97. The maximum Gasteiger partial charge on any atom is 0.223 e. The largest absolute Gasteiger partial charge is 0.378 e. The summed E-state index contributed by atoms with van der Waals surface area (Å²) < 4.78 is 5.35. The normalized spacial score (nSPS) is 19.9. The van der Waals surface area contributed by atoms with Crippen LogP contribution >= 0.6 is 0 Å². The third-order valence-electron chi connectivity index (χ3n) is 4.32. The summed E-state index contributed by atoms with van der Waals surface area (Å²) in [5, 5.41) is 6.30. The molecule has 1 aromatic rings. The number of carbonyl (C=O) groups excluding carboxylic acids is 1. The minimum atomic E-state index is 0.154. The molecule has 22 heavy (non-hydrogen) atoms. The molecule has 0 bridgehead atoms. The first-order valence-electron chi connectivity index (χ1n) is 8.09. The summed E-state index contributed by atoms with van der Waals surface area (Å²) in [5.74, 6) is 1.30. The fourth-order valence-electron chi connectivity index (χ4n) is 2.92. The molecule has 120 valence electrons. The fourth-order valence-corrected chi connectivity index (χ4v) is 2.92. The first kappa shape index (κ1) is 15.2. The molecule has 2 fully saturated rings. The molecule has 0 unspecified atom stereocenters. The number of anilines is 1. The van der Waals surface area contributed by atoms with Gasteiger partial charge >= 0.3 is 0 Å². The predicted molar refractivity (Wildman–Crippen MR) is 84.7 cm³/mol. The van der Waals surface area contributed by atoms with Gasteiger partial charge in [0.25, 0.3) is 0 Å². The van der Waals surface area contributed by atoms with Crippen molar-refractivity contribution >= 4 is 11.7 Å². The maximum absolute atomic E-state index is 12.1. The Labute approximate surface area is 131 Å². The molecule has 0 atom stereocenters. The van der Waals surface area contributed by atoms with Crippen LogP contribution in [0.3, 0.4) is 0 Å². The molecule has 2 saturated heterocycles. The minimum Gasteiger partial charge on any atom is -0.378 e. The van der Waals surface area contributed by atoms with E-state index in [-0.39, 0.29) is 11.8 Å². The second kappa shape index (κ2) is 7.56. The van der Waals surface area contributed by atoms with Crippen LogP contribution in [0.1, 0.15) is 18.4 Å². The summed E-state index contributed by atoms with van der Waals surface area (Å²) in [4.78, 5) is 18.8. The average Bonchev–Trinajstić information content (AvgIpc) is 2.61. The van der Waals surface area contributed by atoms with Gasteiger partial charge in [-0.25, -0.2) is 4.98 Å². The number of piperidine rings is 1. The summed E-state index contributed by atoms with van der Waals surface area (Å²) in [6.07, 6.45) is 3.72. The molecule has 1 amide bonds. The molecule has 2 aliphatic heterocycles. The number of ether oxygens (including phenoxy) is 1. The smallest absolute Gasteiger partial charge is 0.223 e. The number of morpholine rings is 1. The van der Waals surface area contributed by atoms with Crippen LogP contribution < -0.4 is 15.5 Å². The zero-order valence-corrected chi connectivity index (χ0v) is 12.9. The fraction of sp³-hybridized carbons (Fsp3) is 0.625. The van der Waals surface area contributed by atoms with Crippen molar-refractivity contribution in [3.63, 3.8) is 0 Å². The zero-order valence-electron chi connectivity index (χ0n) is 12.9. The van der Waals surface area contributed by atoms with Crippen molar-refractivity contribution in [1.29, 1.82) is 0 Å². The monoisotopic (exact) mass is 304 g/mol. The lowest BCUT2D eigenvalue weighted by Gasteiger charge is -2.27. The number of rotatable bonds is 4. The Kier molecular flexibility index (Phi) is 5.24. The van der Waals surface area contributed by atoms with Crippen LogP contribution in [-0.4, -0.2) is 50.3 Å². The van der Waals surface area contributed by atoms with Gasteiger partial charge in [0.1, 0.15) is 5.82 Å². The van der Waals surface area contributed by atoms with E-state index in [0.717, 1.165) is 63.6 Å². The Morgan fingerprint density at radius 3 is 2.77 bits per heavy atom. The van der Waals surface area contributed by atoms with E-state index in [0.29, 0.717) is 6.54 Å². The quantitative estimate of drug-likeness (QED) is 0.849. The van der Waals surface area contributed by atoms with E-state index in [4.69, 9.17) is 4.74 Å². The zero-order chi connectivity index (χ0) is 15.2. The molecular formula is C16H24N4O2. The Morgan fingerprint density at radius 1 is 1.32 bits per heavy atom. The number of hydrogen-bond acceptors (Lipinski definition) is 5. The van der Waals surface area contributed by atoms with E-state index in [9.17, 15) is 4.79 Å². The highest BCUT2D eigenvalue weighted by molar-refractivity contribution is 5.78. The molecule has 6 heteroatoms. The van der Waals surface area contributed by atoms with Crippen molar-refractivity contribution in [2.45, 2.75) is 19.4 Å². The summed E-state index contributed by atoms with van der Waals surface area (Å²) in [7, 11) is 0. The molecule has 0 aromatic carbocycles. The molecule has 2 aliphatic rings. The number of carbonyl (C=O) groups is 1. The van der Waals surface area contributed by atoms with Crippen LogP contribution in [-0.2, 0) is 16.1 Å². The van der Waals surface area contributed by atoms with Gasteiger partial charge in [0.05, 0.1) is 13.2 Å². The van der Waals surface area contributed by atoms with Crippen LogP contribution in [0, 0.1) is 5.92 Å². The highest BCUT2D eigenvalue weighted by atomic mass is 16.5. The number of aromatic nitrogens is 1. The molecule has 2 N–H and O–H groups in total. The predicted octanol–water partition coefficient (Wildman–Crippen LogP) is 0.534. The van der Waals surface area contributed by atoms with Crippen molar-refractivity contribution < 1.29 is 9.53 Å². The number of hydrogen-bond donors (Lipinski definition) is 2. The van der Waals surface area contributed by atoms with Crippen molar-refractivity contribution in [3.05, 3.63) is 23.9 Å². The van der Waals surface area contributed by atoms with Gasteiger partial charge in [0.2, 0.25) is 5.91 Å². The topological polar surface area (TPSA) is 66.5 Å². The van der Waals surface area contributed by atoms with Crippen molar-refractivity contribution in [2.75, 3.05) is 44.3 Å². The highest BCUT2D eigenvalue weighted by Gasteiger charge is 2.20. The van der Waals surface area contributed by atoms with E-state index >= 15 is 0 Å². The average molecular weight is 304 g/mol. The summed E-state index contributed by atoms with van der Waals surface area (Å²) >= 11 is 0. The third kappa shape index (κ3) is 3.96. The van der Waals surface area contributed by atoms with Crippen LogP contribution in [0.2, 0.25) is 0 Å². The Balaban J connectivity index is 1.49. The van der Waals surface area contributed by atoms with Gasteiger partial charge in [-0.2, -0.15) is 0 Å². The van der Waals surface area contributed by atoms with Gasteiger partial charge in [0.15, 0.2) is 0 Å². The number of pyridine rings is 1. The van der Waals surface area contributed by atoms with Crippen molar-refractivity contribution in [1.82, 2.24) is 15.6 Å². The van der Waals surface area contributed by atoms with E-state index in [2.05, 4.69) is 20.5 Å². The lowest BCUT2D eigenvalue weighted by molar-refractivity contribution is -0.125. The van der Waals surface area contributed by atoms with Gasteiger partial charge in [0, 0.05) is 31.7 Å². The summed E-state index contributed by atoms with van der Waals surface area (Å²) in [6, 6.07) is 4.07. The van der Waals surface area contributed by atoms with Gasteiger partial charge in [-0.3, -0.25) is 4.79 Å². The van der Waals surface area contributed by atoms with Crippen molar-refractivity contribution in [3.8, 4) is 0 Å². The van der Waals surface area contributed by atoms with Crippen LogP contribution in [0.25, 0.3) is 0 Å². The standard InChI is InChI=1S/C16H24N4O2/c21-16(14-3-5-17-6-4-14)19-12-13-1-2-15(18-11-13)20-7-9-22-10-8-20/h1-2,11,14,17H,3-10,12H2,(H,19,21). The SMILES string of the molecule is O=C(NCc1ccc(N2CCOCC2)nc1)C1CCNCC1. The van der Waals surface area contributed by atoms with E-state index in [1.165, 1.54) is 0 Å². The van der Waals surface area contributed by atoms with Gasteiger partial charge in [-0.05, 0) is 37.6 Å². The number of nitrogens with zero attached hydrogens (tertiary/aromatic N) is 2. The lowest BCUT2D eigenvalue weighted by Crippen LogP contribution is -2.38. The summed E-state index contributed by atoms with van der Waals surface area (Å²) in [6.45, 7) is 5.73. The molecule has 0 aliphatic carbocycles. The molecular weight excluding hydrogens is 280 g/mol. The Bertz CT molecular complexity index is 479. The third-order valence-corrected chi connectivity index (χ3v) is 4.32. The highest BCUT2D eigenvalue weighted by Crippen LogP contribution is 2.14. The van der Waals surface area contributed by atoms with Crippen LogP contribution in [0.15, 0.2) is 18.3 Å². The Hall–Kier alpha value is -1.66. The maximum atomic E-state index is 12.1. The molecule has 0 spiro atoms. The molecule has 3 rings (SSSR count). The van der Waals surface area contributed by atoms with Gasteiger partial charge in [-0.1, -0.05) is 6.07 Å². The van der Waals surface area contributed by atoms with Gasteiger partial charge in [-0.15, -0.1) is 0 Å². The van der Waals surface area contributed by atoms with Crippen LogP contribution in [0.5, 0.6) is 0 Å². The molecule has 0 saturated carbocycles. The van der Waals surface area contributed by atoms with Crippen molar-refractivity contribution in [2.24, 2.45) is 5.92 Å². The van der Waals surface area contributed by atoms with Crippen LogP contribution in [0.4, 0.5) is 5.82 Å². The van der Waals surface area contributed by atoms with E-state index < -0.39 is 0 Å². The van der Waals surface area contributed by atoms with E-state index in [1.54, 1.807) is 0 Å². The molecule has 1 aromatic heterocycles. The first-order valence-corrected chi connectivity index (χ1v) is 8.09. The number of amides is 1. The first-order chi connectivity index (χ1) is 10.8. The number of nitrogens with one attached hydrogen (secondary N) is 2. The molecule has 6 nitrogen and oxygen atoms in total. The second-order valence-electron chi connectivity index (χ2n) is 5.87. The van der Waals surface area contributed by atoms with Gasteiger partial charge < -0.3 is 20.3 Å². The minimum absolute atomic E-state index is 0.154. The molecule has 0 radical (unpaired) electrons. The Morgan fingerprint density at radius 2 is 2.09 bits per heavy atom. The summed E-state index contributed by atoms with van der Waals surface area (Å²) in [5.41, 5.74) is 1.04. The van der Waals surface area contributed by atoms with E-state index in [1.807, 2.05) is 18.3 Å².